The fraction of sp³-hybridized carbons (Fsp3) is 0.571. The van der Waals surface area contributed by atoms with Gasteiger partial charge in [-0.05, 0) is 30.4 Å². The molecule has 2 rings (SSSR count). The van der Waals surface area contributed by atoms with Crippen LogP contribution in [0.2, 0.25) is 0 Å². The first-order valence-corrected chi connectivity index (χ1v) is 9.39. The lowest BCUT2D eigenvalue weighted by atomic mass is 9.85. The van der Waals surface area contributed by atoms with Gasteiger partial charge in [0.2, 0.25) is 5.91 Å². The van der Waals surface area contributed by atoms with Crippen LogP contribution in [0.5, 0.6) is 5.75 Å². The first-order chi connectivity index (χ1) is 12.7. The lowest BCUT2D eigenvalue weighted by molar-refractivity contribution is -0.134. The zero-order chi connectivity index (χ0) is 20.0. The Hall–Kier alpha value is -2.55. The number of aryl methyl sites for hydroxylation is 1. The van der Waals surface area contributed by atoms with Gasteiger partial charge in [-0.15, -0.1) is 0 Å². The maximum absolute atomic E-state index is 12.6. The molecule has 6 nitrogen and oxygen atoms in total. The molecule has 0 aromatic heterocycles. The summed E-state index contributed by atoms with van der Waals surface area (Å²) < 4.78 is 5.87. The molecule has 1 saturated heterocycles. The van der Waals surface area contributed by atoms with Crippen molar-refractivity contribution in [3.8, 4) is 11.8 Å². The van der Waals surface area contributed by atoms with Crippen molar-refractivity contribution in [3.05, 3.63) is 29.3 Å². The van der Waals surface area contributed by atoms with Crippen molar-refractivity contribution in [1.82, 2.24) is 9.80 Å². The van der Waals surface area contributed by atoms with Gasteiger partial charge >= 0.3 is 0 Å². The Morgan fingerprint density at radius 3 is 2.33 bits per heavy atom. The molecule has 27 heavy (non-hydrogen) atoms. The van der Waals surface area contributed by atoms with Crippen LogP contribution in [0.25, 0.3) is 0 Å². The van der Waals surface area contributed by atoms with E-state index in [1.807, 2.05) is 25.1 Å². The van der Waals surface area contributed by atoms with Crippen molar-refractivity contribution in [2.75, 3.05) is 32.8 Å². The smallest absolute Gasteiger partial charge is 0.260 e. The Bertz CT molecular complexity index is 731. The molecule has 146 valence electrons. The van der Waals surface area contributed by atoms with Gasteiger partial charge in [-0.25, -0.2) is 0 Å². The van der Waals surface area contributed by atoms with E-state index in [0.717, 1.165) is 16.9 Å². The first-order valence-electron chi connectivity index (χ1n) is 9.39. The van der Waals surface area contributed by atoms with E-state index >= 15 is 0 Å². The summed E-state index contributed by atoms with van der Waals surface area (Å²) in [7, 11) is 0. The Kier molecular flexibility index (Phi) is 6.84. The molecule has 0 atom stereocenters. The van der Waals surface area contributed by atoms with E-state index < -0.39 is 0 Å². The predicted octanol–water partition coefficient (Wildman–Crippen LogP) is 2.65. The third-order valence-electron chi connectivity index (χ3n) is 4.73. The summed E-state index contributed by atoms with van der Waals surface area (Å²) in [6, 6.07) is 7.90. The topological polar surface area (TPSA) is 73.6 Å². The maximum atomic E-state index is 12.6. The van der Waals surface area contributed by atoms with Gasteiger partial charge < -0.3 is 14.5 Å². The molecule has 1 aliphatic heterocycles. The summed E-state index contributed by atoms with van der Waals surface area (Å²) in [6.45, 7) is 10.5. The van der Waals surface area contributed by atoms with Crippen LogP contribution in [0.15, 0.2) is 18.2 Å². The molecule has 1 aliphatic rings. The molecule has 0 saturated carbocycles. The minimum atomic E-state index is -0.169. The van der Waals surface area contributed by atoms with Crippen molar-refractivity contribution in [2.45, 2.75) is 46.0 Å². The molecule has 0 radical (unpaired) electrons. The third-order valence-corrected chi connectivity index (χ3v) is 4.73. The Morgan fingerprint density at radius 1 is 1.11 bits per heavy atom. The van der Waals surface area contributed by atoms with Gasteiger partial charge in [0.05, 0.1) is 6.07 Å². The van der Waals surface area contributed by atoms with E-state index in [4.69, 9.17) is 10.00 Å². The Labute approximate surface area is 161 Å². The van der Waals surface area contributed by atoms with Gasteiger partial charge in [0, 0.05) is 26.2 Å². The Balaban J connectivity index is 1.97. The van der Waals surface area contributed by atoms with Crippen molar-refractivity contribution in [3.63, 3.8) is 0 Å². The quantitative estimate of drug-likeness (QED) is 0.815. The number of ether oxygens (including phenoxy) is 1. The third kappa shape index (κ3) is 5.72. The van der Waals surface area contributed by atoms with Crippen LogP contribution >= 0.6 is 0 Å². The Morgan fingerprint density at radius 2 is 1.74 bits per heavy atom. The maximum Gasteiger partial charge on any atom is 0.260 e. The second-order valence-corrected chi connectivity index (χ2v) is 7.99. The monoisotopic (exact) mass is 371 g/mol. The van der Waals surface area contributed by atoms with Crippen LogP contribution in [-0.2, 0) is 15.0 Å². The van der Waals surface area contributed by atoms with Crippen LogP contribution in [0.1, 0.15) is 44.7 Å². The first kappa shape index (κ1) is 20.8. The highest BCUT2D eigenvalue weighted by molar-refractivity contribution is 5.79. The summed E-state index contributed by atoms with van der Waals surface area (Å²) >= 11 is 0. The van der Waals surface area contributed by atoms with E-state index in [1.165, 1.54) is 0 Å². The van der Waals surface area contributed by atoms with Gasteiger partial charge in [0.25, 0.3) is 5.91 Å². The number of nitriles is 1. The van der Waals surface area contributed by atoms with E-state index in [0.29, 0.717) is 32.6 Å². The number of nitrogens with zero attached hydrogens (tertiary/aromatic N) is 3. The largest absolute Gasteiger partial charge is 0.483 e. The number of carbonyl (C=O) groups excluding carboxylic acids is 2. The minimum Gasteiger partial charge on any atom is -0.483 e. The average Bonchev–Trinajstić information content (AvgIpc) is 2.86. The molecular weight excluding hydrogens is 342 g/mol. The number of benzene rings is 1. The fourth-order valence-corrected chi connectivity index (χ4v) is 3.18. The standard InChI is InChI=1S/C21H29N3O3/c1-16-6-7-18(17(14-16)21(2,3)4)27-15-20(26)24-11-5-10-23(12-13-24)19(25)8-9-22/h6-7,14H,5,8,10-13,15H2,1-4H3. The van der Waals surface area contributed by atoms with Gasteiger partial charge in [-0.1, -0.05) is 38.5 Å². The highest BCUT2D eigenvalue weighted by Crippen LogP contribution is 2.32. The molecular formula is C21H29N3O3. The predicted molar refractivity (Wildman–Crippen MR) is 103 cm³/mol. The van der Waals surface area contributed by atoms with Gasteiger partial charge in [0.15, 0.2) is 6.61 Å². The van der Waals surface area contributed by atoms with Crippen molar-refractivity contribution in [2.24, 2.45) is 0 Å². The molecule has 6 heteroatoms. The highest BCUT2D eigenvalue weighted by atomic mass is 16.5. The van der Waals surface area contributed by atoms with Crippen LogP contribution in [0.3, 0.4) is 0 Å². The van der Waals surface area contributed by atoms with Crippen molar-refractivity contribution < 1.29 is 14.3 Å². The minimum absolute atomic E-state index is 0.0156. The molecule has 0 unspecified atom stereocenters. The second-order valence-electron chi connectivity index (χ2n) is 7.99. The summed E-state index contributed by atoms with van der Waals surface area (Å²) in [5.74, 6) is 0.490. The molecule has 1 aromatic carbocycles. The number of rotatable bonds is 4. The number of hydrogen-bond acceptors (Lipinski definition) is 4. The lowest BCUT2D eigenvalue weighted by Crippen LogP contribution is -2.39. The summed E-state index contributed by atoms with van der Waals surface area (Å²) in [4.78, 5) is 27.9. The molecule has 1 heterocycles. The second kappa shape index (κ2) is 8.90. The number of amides is 2. The molecule has 0 N–H and O–H groups in total. The normalized spacial score (nSPS) is 15.1. The van der Waals surface area contributed by atoms with Crippen LogP contribution in [0.4, 0.5) is 0 Å². The summed E-state index contributed by atoms with van der Waals surface area (Å²) in [5, 5.41) is 8.67. The average molecular weight is 371 g/mol. The number of carbonyl (C=O) groups is 2. The van der Waals surface area contributed by atoms with Crippen LogP contribution < -0.4 is 4.74 Å². The van der Waals surface area contributed by atoms with Crippen molar-refractivity contribution >= 4 is 11.8 Å². The van der Waals surface area contributed by atoms with Gasteiger partial charge in [-0.3, -0.25) is 9.59 Å². The van der Waals surface area contributed by atoms with Gasteiger partial charge in [0.1, 0.15) is 12.2 Å². The van der Waals surface area contributed by atoms with Crippen LogP contribution in [-0.4, -0.2) is 54.4 Å². The van der Waals surface area contributed by atoms with E-state index in [1.54, 1.807) is 9.80 Å². The molecule has 2 amide bonds. The molecule has 0 aliphatic carbocycles. The van der Waals surface area contributed by atoms with E-state index in [2.05, 4.69) is 26.8 Å². The van der Waals surface area contributed by atoms with Crippen LogP contribution in [0, 0.1) is 18.3 Å². The molecule has 1 fully saturated rings. The SMILES string of the molecule is Cc1ccc(OCC(=O)N2CCCN(C(=O)CC#N)CC2)c(C(C)(C)C)c1. The fourth-order valence-electron chi connectivity index (χ4n) is 3.18. The molecule has 0 bridgehead atoms. The molecule has 1 aromatic rings. The summed E-state index contributed by atoms with van der Waals surface area (Å²) in [5.41, 5.74) is 2.17. The summed E-state index contributed by atoms with van der Waals surface area (Å²) in [6.07, 6.45) is 0.598. The van der Waals surface area contributed by atoms with E-state index in [-0.39, 0.29) is 30.3 Å². The number of hydrogen-bond donors (Lipinski definition) is 0. The van der Waals surface area contributed by atoms with Crippen molar-refractivity contribution in [1.29, 1.82) is 5.26 Å². The zero-order valence-corrected chi connectivity index (χ0v) is 16.7. The van der Waals surface area contributed by atoms with E-state index in [9.17, 15) is 9.59 Å². The highest BCUT2D eigenvalue weighted by Gasteiger charge is 2.23. The zero-order valence-electron chi connectivity index (χ0n) is 16.7. The van der Waals surface area contributed by atoms with Gasteiger partial charge in [-0.2, -0.15) is 5.26 Å². The lowest BCUT2D eigenvalue weighted by Gasteiger charge is -2.25. The molecule has 0 spiro atoms.